The largest absolute Gasteiger partial charge is 0.481 e. The Kier molecular flexibility index (Phi) is 6.01. The molecule has 0 aromatic heterocycles. The monoisotopic (exact) mass is 261 g/mol. The van der Waals surface area contributed by atoms with Crippen LogP contribution in [0.5, 0.6) is 0 Å². The Morgan fingerprint density at radius 1 is 1.31 bits per heavy atom. The van der Waals surface area contributed by atoms with Gasteiger partial charge in [-0.15, -0.1) is 0 Å². The number of rotatable bonds is 6. The van der Waals surface area contributed by atoms with Crippen LogP contribution in [-0.4, -0.2) is 45.4 Å². The molecule has 16 heavy (non-hydrogen) atoms. The van der Waals surface area contributed by atoms with Crippen molar-refractivity contribution < 1.29 is 32.1 Å². The van der Waals surface area contributed by atoms with Crippen molar-refractivity contribution in [3.8, 4) is 0 Å². The summed E-state index contributed by atoms with van der Waals surface area (Å²) >= 11 is 0. The highest BCUT2D eigenvalue weighted by Gasteiger charge is 2.27. The lowest BCUT2D eigenvalue weighted by atomic mass is 10.5. The number of carboxylic acid groups (broad SMARTS) is 1. The van der Waals surface area contributed by atoms with Gasteiger partial charge in [0.25, 0.3) is 0 Å². The third kappa shape index (κ3) is 9.44. The number of carbonyl (C=O) groups excluding carboxylic acids is 1. The molecule has 0 fully saturated rings. The van der Waals surface area contributed by atoms with E-state index in [4.69, 9.17) is 5.11 Å². The average Bonchev–Trinajstić information content (AvgIpc) is 2.10. The highest BCUT2D eigenvalue weighted by molar-refractivity contribution is 7.85. The Morgan fingerprint density at radius 3 is 2.31 bits per heavy atom. The predicted molar refractivity (Wildman–Crippen MR) is 49.2 cm³/mol. The topological polar surface area (TPSA) is 83.5 Å². The van der Waals surface area contributed by atoms with E-state index >= 15 is 0 Å². The molecular formula is C7H10F3NO4S. The van der Waals surface area contributed by atoms with Gasteiger partial charge in [-0.1, -0.05) is 0 Å². The summed E-state index contributed by atoms with van der Waals surface area (Å²) in [6.45, 7) is -1.48. The SMILES string of the molecule is O=C(O)CCS(=O)CC(=O)NCC(F)(F)F. The highest BCUT2D eigenvalue weighted by atomic mass is 32.2. The summed E-state index contributed by atoms with van der Waals surface area (Å²) in [6, 6.07) is 0. The van der Waals surface area contributed by atoms with Gasteiger partial charge in [-0.2, -0.15) is 13.2 Å². The molecule has 0 saturated carbocycles. The van der Waals surface area contributed by atoms with Crippen molar-refractivity contribution in [1.82, 2.24) is 5.32 Å². The minimum Gasteiger partial charge on any atom is -0.481 e. The van der Waals surface area contributed by atoms with Gasteiger partial charge in [0.15, 0.2) is 0 Å². The zero-order valence-electron chi connectivity index (χ0n) is 8.04. The second-order valence-corrected chi connectivity index (χ2v) is 4.40. The Morgan fingerprint density at radius 2 is 1.88 bits per heavy atom. The molecule has 0 aliphatic carbocycles. The Labute approximate surface area is 91.5 Å². The van der Waals surface area contributed by atoms with E-state index in [9.17, 15) is 27.0 Å². The fraction of sp³-hybridized carbons (Fsp3) is 0.714. The van der Waals surface area contributed by atoms with Crippen LogP contribution in [0.1, 0.15) is 6.42 Å². The smallest absolute Gasteiger partial charge is 0.405 e. The van der Waals surface area contributed by atoms with Gasteiger partial charge in [-0.05, 0) is 0 Å². The van der Waals surface area contributed by atoms with Crippen LogP contribution in [0.15, 0.2) is 0 Å². The van der Waals surface area contributed by atoms with Crippen LogP contribution in [0.3, 0.4) is 0 Å². The maximum absolute atomic E-state index is 11.6. The molecule has 94 valence electrons. The first-order valence-electron chi connectivity index (χ1n) is 4.11. The van der Waals surface area contributed by atoms with Gasteiger partial charge in [0.2, 0.25) is 5.91 Å². The molecule has 0 radical (unpaired) electrons. The molecule has 0 saturated heterocycles. The number of aliphatic carboxylic acids is 1. The zero-order valence-corrected chi connectivity index (χ0v) is 8.86. The van der Waals surface area contributed by atoms with Gasteiger partial charge in [-0.25, -0.2) is 0 Å². The number of halogens is 3. The van der Waals surface area contributed by atoms with E-state index in [-0.39, 0.29) is 12.2 Å². The van der Waals surface area contributed by atoms with Gasteiger partial charge in [0.05, 0.1) is 6.42 Å². The minimum atomic E-state index is -4.52. The number of nitrogens with one attached hydrogen (secondary N) is 1. The van der Waals surface area contributed by atoms with Crippen LogP contribution in [-0.2, 0) is 20.4 Å². The molecule has 1 amide bonds. The van der Waals surface area contributed by atoms with E-state index in [0.29, 0.717) is 0 Å². The third-order valence-electron chi connectivity index (χ3n) is 1.32. The average molecular weight is 261 g/mol. The summed E-state index contributed by atoms with van der Waals surface area (Å²) in [6.07, 6.45) is -4.91. The van der Waals surface area contributed by atoms with Crippen molar-refractivity contribution in [2.24, 2.45) is 0 Å². The molecule has 0 bridgehead atoms. The molecule has 9 heteroatoms. The van der Waals surface area contributed by atoms with Crippen LogP contribution >= 0.6 is 0 Å². The molecule has 0 spiro atoms. The second-order valence-electron chi connectivity index (χ2n) is 2.82. The number of alkyl halides is 3. The molecule has 1 unspecified atom stereocenters. The molecule has 0 heterocycles. The minimum absolute atomic E-state index is 0.255. The van der Waals surface area contributed by atoms with E-state index in [2.05, 4.69) is 0 Å². The van der Waals surface area contributed by atoms with Crippen LogP contribution in [0.25, 0.3) is 0 Å². The van der Waals surface area contributed by atoms with Crippen molar-refractivity contribution in [3.63, 3.8) is 0 Å². The maximum Gasteiger partial charge on any atom is 0.405 e. The first-order valence-corrected chi connectivity index (χ1v) is 5.60. The van der Waals surface area contributed by atoms with Crippen molar-refractivity contribution in [1.29, 1.82) is 0 Å². The van der Waals surface area contributed by atoms with E-state index in [1.165, 1.54) is 5.32 Å². The molecule has 0 aliphatic heterocycles. The first kappa shape index (κ1) is 14.9. The van der Waals surface area contributed by atoms with Gasteiger partial charge >= 0.3 is 12.1 Å². The molecular weight excluding hydrogens is 251 g/mol. The summed E-state index contributed by atoms with van der Waals surface area (Å²) in [4.78, 5) is 20.9. The summed E-state index contributed by atoms with van der Waals surface area (Å²) in [5.41, 5.74) is 0. The van der Waals surface area contributed by atoms with Crippen molar-refractivity contribution in [2.75, 3.05) is 18.1 Å². The van der Waals surface area contributed by atoms with E-state index in [1.807, 2.05) is 0 Å². The lowest BCUT2D eigenvalue weighted by Crippen LogP contribution is -2.36. The maximum atomic E-state index is 11.6. The summed E-state index contributed by atoms with van der Waals surface area (Å²) in [5.74, 6) is -3.07. The Balaban J connectivity index is 3.79. The molecule has 0 aromatic rings. The number of hydrogen-bond donors (Lipinski definition) is 2. The third-order valence-corrected chi connectivity index (χ3v) is 2.57. The van der Waals surface area contributed by atoms with Gasteiger partial charge in [0, 0.05) is 16.6 Å². The summed E-state index contributed by atoms with van der Waals surface area (Å²) in [7, 11) is -1.76. The molecule has 0 rings (SSSR count). The van der Waals surface area contributed by atoms with Gasteiger partial charge < -0.3 is 10.4 Å². The zero-order chi connectivity index (χ0) is 12.8. The molecule has 5 nitrogen and oxygen atoms in total. The normalized spacial score (nSPS) is 13.2. The molecule has 1 atom stereocenters. The summed E-state index contributed by atoms with van der Waals surface area (Å²) in [5, 5.41) is 9.76. The van der Waals surface area contributed by atoms with Gasteiger partial charge in [0.1, 0.15) is 12.3 Å². The van der Waals surface area contributed by atoms with Crippen molar-refractivity contribution in [2.45, 2.75) is 12.6 Å². The van der Waals surface area contributed by atoms with E-state index in [0.717, 1.165) is 0 Å². The van der Waals surface area contributed by atoms with Crippen LogP contribution in [0.2, 0.25) is 0 Å². The van der Waals surface area contributed by atoms with E-state index < -0.39 is 41.1 Å². The predicted octanol–water partition coefficient (Wildman–Crippen LogP) is -0.112. The lowest BCUT2D eigenvalue weighted by molar-refractivity contribution is -0.137. The fourth-order valence-corrected chi connectivity index (χ4v) is 1.61. The van der Waals surface area contributed by atoms with Crippen LogP contribution in [0.4, 0.5) is 13.2 Å². The standard InChI is InChI=1S/C7H10F3NO4S/c8-7(9,10)4-11-5(12)3-16(15)2-1-6(13)14/h1-4H2,(H,11,12)(H,13,14). The van der Waals surface area contributed by atoms with Crippen molar-refractivity contribution in [3.05, 3.63) is 0 Å². The number of amides is 1. The van der Waals surface area contributed by atoms with Crippen molar-refractivity contribution >= 4 is 22.7 Å². The molecule has 2 N–H and O–H groups in total. The lowest BCUT2D eigenvalue weighted by Gasteiger charge is -2.07. The quantitative estimate of drug-likeness (QED) is 0.698. The fourth-order valence-electron chi connectivity index (χ4n) is 0.669. The Hall–Kier alpha value is -1.12. The molecule has 0 aromatic carbocycles. The number of carbonyl (C=O) groups is 2. The Bertz CT molecular complexity index is 292. The van der Waals surface area contributed by atoms with Crippen LogP contribution < -0.4 is 5.32 Å². The highest BCUT2D eigenvalue weighted by Crippen LogP contribution is 2.11. The van der Waals surface area contributed by atoms with Gasteiger partial charge in [-0.3, -0.25) is 13.8 Å². The number of hydrogen-bond acceptors (Lipinski definition) is 3. The number of carboxylic acids is 1. The van der Waals surface area contributed by atoms with E-state index in [1.54, 1.807) is 0 Å². The molecule has 0 aliphatic rings. The first-order chi connectivity index (χ1) is 7.20. The second kappa shape index (κ2) is 6.46. The summed E-state index contributed by atoms with van der Waals surface area (Å²) < 4.78 is 45.9. The van der Waals surface area contributed by atoms with Crippen LogP contribution in [0, 0.1) is 0 Å².